The fraction of sp³-hybridized carbons (Fsp3) is 0.294. The number of benzene rings is 1. The van der Waals surface area contributed by atoms with E-state index in [1.54, 1.807) is 6.26 Å². The predicted octanol–water partition coefficient (Wildman–Crippen LogP) is 1.59. The van der Waals surface area contributed by atoms with Crippen molar-refractivity contribution in [3.8, 4) is 11.4 Å². The second-order valence-corrected chi connectivity index (χ2v) is 5.68. The molecule has 0 saturated carbocycles. The molecule has 1 N–H and O–H groups in total. The van der Waals surface area contributed by atoms with E-state index in [4.69, 9.17) is 8.94 Å². The number of rotatable bonds is 7. The van der Waals surface area contributed by atoms with Crippen LogP contribution in [0.3, 0.4) is 0 Å². The van der Waals surface area contributed by atoms with Crippen LogP contribution in [0.25, 0.3) is 11.4 Å². The Hall–Kier alpha value is -2.64. The maximum absolute atomic E-state index is 11.9. The van der Waals surface area contributed by atoms with Crippen molar-refractivity contribution >= 4 is 0 Å². The summed E-state index contributed by atoms with van der Waals surface area (Å²) in [5.74, 6) is 0.645. The van der Waals surface area contributed by atoms with Crippen LogP contribution in [0.1, 0.15) is 5.76 Å². The summed E-state index contributed by atoms with van der Waals surface area (Å²) in [5, 5.41) is 14.1. The zero-order valence-electron chi connectivity index (χ0n) is 13.3. The van der Waals surface area contributed by atoms with Crippen LogP contribution in [0.5, 0.6) is 0 Å². The highest BCUT2D eigenvalue weighted by Crippen LogP contribution is 2.15. The number of nitrogens with zero attached hydrogens (tertiary/aromatic N) is 3. The fourth-order valence-corrected chi connectivity index (χ4v) is 2.59. The Bertz CT molecular complexity index is 808. The third-order valence-electron chi connectivity index (χ3n) is 3.64. The molecule has 2 heterocycles. The van der Waals surface area contributed by atoms with Crippen LogP contribution < -0.4 is 5.76 Å². The van der Waals surface area contributed by atoms with Crippen molar-refractivity contribution in [2.24, 2.45) is 0 Å². The molecule has 0 bridgehead atoms. The average Bonchev–Trinajstić information content (AvgIpc) is 3.19. The molecule has 3 rings (SSSR count). The molecule has 3 aromatic rings. The van der Waals surface area contributed by atoms with Crippen LogP contribution >= 0.6 is 0 Å². The summed E-state index contributed by atoms with van der Waals surface area (Å²) in [4.78, 5) is 13.8. The number of aliphatic hydroxyl groups is 1. The summed E-state index contributed by atoms with van der Waals surface area (Å²) in [7, 11) is 1.88. The molecule has 126 valence electrons. The van der Waals surface area contributed by atoms with Gasteiger partial charge >= 0.3 is 5.76 Å². The van der Waals surface area contributed by atoms with Crippen LogP contribution in [-0.4, -0.2) is 39.4 Å². The Kier molecular flexibility index (Phi) is 4.93. The van der Waals surface area contributed by atoms with Gasteiger partial charge in [-0.2, -0.15) is 0 Å². The van der Waals surface area contributed by atoms with Gasteiger partial charge in [-0.25, -0.2) is 4.79 Å². The van der Waals surface area contributed by atoms with Crippen LogP contribution in [0.4, 0.5) is 0 Å². The van der Waals surface area contributed by atoms with Gasteiger partial charge in [-0.3, -0.25) is 14.0 Å². The van der Waals surface area contributed by atoms with Gasteiger partial charge in [0.15, 0.2) is 5.82 Å². The first kappa shape index (κ1) is 16.2. The van der Waals surface area contributed by atoms with Crippen LogP contribution in [0, 0.1) is 0 Å². The molecule has 0 aliphatic carbocycles. The van der Waals surface area contributed by atoms with Crippen molar-refractivity contribution in [3.05, 3.63) is 65.0 Å². The summed E-state index contributed by atoms with van der Waals surface area (Å²) in [6, 6.07) is 13.0. The Morgan fingerprint density at radius 1 is 1.25 bits per heavy atom. The minimum atomic E-state index is -0.746. The van der Waals surface area contributed by atoms with E-state index in [1.165, 1.54) is 4.57 Å². The highest BCUT2D eigenvalue weighted by atomic mass is 16.5. The molecule has 2 aromatic heterocycles. The van der Waals surface area contributed by atoms with Gasteiger partial charge in [0.05, 0.1) is 25.5 Å². The van der Waals surface area contributed by atoms with Gasteiger partial charge in [-0.15, -0.1) is 0 Å². The number of furan rings is 1. The minimum absolute atomic E-state index is 0.106. The van der Waals surface area contributed by atoms with E-state index in [9.17, 15) is 9.90 Å². The van der Waals surface area contributed by atoms with E-state index in [0.717, 1.165) is 11.3 Å². The van der Waals surface area contributed by atoms with Crippen LogP contribution in [-0.2, 0) is 13.1 Å². The minimum Gasteiger partial charge on any atom is -0.468 e. The van der Waals surface area contributed by atoms with Crippen molar-refractivity contribution in [2.75, 3.05) is 13.6 Å². The number of aliphatic hydroxyl groups excluding tert-OH is 1. The van der Waals surface area contributed by atoms with Gasteiger partial charge < -0.3 is 9.52 Å². The summed E-state index contributed by atoms with van der Waals surface area (Å²) >= 11 is 0. The normalized spacial score (nSPS) is 12.6. The Morgan fingerprint density at radius 2 is 2.04 bits per heavy atom. The molecular weight excluding hydrogens is 310 g/mol. The third-order valence-corrected chi connectivity index (χ3v) is 3.64. The Labute approximate surface area is 138 Å². The second kappa shape index (κ2) is 7.29. The Morgan fingerprint density at radius 3 is 2.75 bits per heavy atom. The molecule has 1 aromatic carbocycles. The van der Waals surface area contributed by atoms with E-state index in [1.807, 2.05) is 54.4 Å². The summed E-state index contributed by atoms with van der Waals surface area (Å²) in [6.45, 7) is 1.07. The average molecular weight is 329 g/mol. The van der Waals surface area contributed by atoms with E-state index in [0.29, 0.717) is 18.9 Å². The van der Waals surface area contributed by atoms with Crippen LogP contribution in [0.2, 0.25) is 0 Å². The molecule has 24 heavy (non-hydrogen) atoms. The van der Waals surface area contributed by atoms with E-state index < -0.39 is 11.9 Å². The molecule has 0 radical (unpaired) electrons. The number of aromatic nitrogens is 2. The SMILES string of the molecule is CN(Cc1ccco1)C[C@@H](O)Cn1c(-c2ccccc2)noc1=O. The summed E-state index contributed by atoms with van der Waals surface area (Å²) < 4.78 is 11.4. The zero-order valence-corrected chi connectivity index (χ0v) is 13.3. The van der Waals surface area contributed by atoms with Gasteiger partial charge in [-0.1, -0.05) is 35.5 Å². The van der Waals surface area contributed by atoms with Gasteiger partial charge in [0.1, 0.15) is 5.76 Å². The maximum atomic E-state index is 11.9. The predicted molar refractivity (Wildman–Crippen MR) is 87.2 cm³/mol. The lowest BCUT2D eigenvalue weighted by molar-refractivity contribution is 0.102. The molecule has 7 heteroatoms. The van der Waals surface area contributed by atoms with Crippen molar-refractivity contribution < 1.29 is 14.0 Å². The van der Waals surface area contributed by atoms with Gasteiger partial charge in [0, 0.05) is 12.1 Å². The number of hydrogen-bond donors (Lipinski definition) is 1. The van der Waals surface area contributed by atoms with E-state index in [-0.39, 0.29) is 6.54 Å². The molecule has 0 aliphatic rings. The molecule has 0 spiro atoms. The summed E-state index contributed by atoms with van der Waals surface area (Å²) in [5.41, 5.74) is 0.763. The van der Waals surface area contributed by atoms with Crippen molar-refractivity contribution in [2.45, 2.75) is 19.2 Å². The first-order chi connectivity index (χ1) is 11.6. The first-order valence-corrected chi connectivity index (χ1v) is 7.64. The van der Waals surface area contributed by atoms with Crippen molar-refractivity contribution in [3.63, 3.8) is 0 Å². The topological polar surface area (TPSA) is 84.6 Å². The number of likely N-dealkylation sites (N-methyl/N-ethyl adjacent to an activating group) is 1. The highest BCUT2D eigenvalue weighted by molar-refractivity contribution is 5.54. The third kappa shape index (κ3) is 3.81. The molecule has 1 atom stereocenters. The highest BCUT2D eigenvalue weighted by Gasteiger charge is 2.17. The lowest BCUT2D eigenvalue weighted by atomic mass is 10.2. The van der Waals surface area contributed by atoms with Crippen molar-refractivity contribution in [1.82, 2.24) is 14.6 Å². The molecule has 0 aliphatic heterocycles. The smallest absolute Gasteiger partial charge is 0.441 e. The van der Waals surface area contributed by atoms with Crippen LogP contribution in [0.15, 0.2) is 62.5 Å². The van der Waals surface area contributed by atoms with Gasteiger partial charge in [0.2, 0.25) is 0 Å². The van der Waals surface area contributed by atoms with Gasteiger partial charge in [0.25, 0.3) is 0 Å². The number of hydrogen-bond acceptors (Lipinski definition) is 6. The Balaban J connectivity index is 1.67. The van der Waals surface area contributed by atoms with Crippen molar-refractivity contribution in [1.29, 1.82) is 0 Å². The second-order valence-electron chi connectivity index (χ2n) is 5.68. The molecule has 0 fully saturated rings. The summed E-state index contributed by atoms with van der Waals surface area (Å²) in [6.07, 6.45) is 0.868. The lowest BCUT2D eigenvalue weighted by Crippen LogP contribution is -2.34. The van der Waals surface area contributed by atoms with E-state index >= 15 is 0 Å². The zero-order chi connectivity index (χ0) is 16.9. The van der Waals surface area contributed by atoms with E-state index in [2.05, 4.69) is 5.16 Å². The largest absolute Gasteiger partial charge is 0.468 e. The lowest BCUT2D eigenvalue weighted by Gasteiger charge is -2.19. The molecule has 7 nitrogen and oxygen atoms in total. The van der Waals surface area contributed by atoms with Gasteiger partial charge in [-0.05, 0) is 19.2 Å². The quantitative estimate of drug-likeness (QED) is 0.708. The fourth-order valence-electron chi connectivity index (χ4n) is 2.59. The maximum Gasteiger partial charge on any atom is 0.441 e. The molecular formula is C17H19N3O4. The standard InChI is InChI=1S/C17H19N3O4/c1-19(12-15-8-5-9-23-15)10-14(21)11-20-16(18-24-17(20)22)13-6-3-2-4-7-13/h2-9,14,21H,10-12H2,1H3/t14-/m1/s1. The monoisotopic (exact) mass is 329 g/mol. The molecule has 0 amide bonds. The first-order valence-electron chi connectivity index (χ1n) is 7.64. The molecule has 0 saturated heterocycles. The molecule has 0 unspecified atom stereocenters.